The lowest BCUT2D eigenvalue weighted by molar-refractivity contribution is -0.384. The Morgan fingerprint density at radius 2 is 1.87 bits per heavy atom. The van der Waals surface area contributed by atoms with Crippen molar-refractivity contribution in [2.75, 3.05) is 18.4 Å². The smallest absolute Gasteiger partial charge is 0.269 e. The number of carbonyl (C=O) groups excluding carboxylic acids is 1. The summed E-state index contributed by atoms with van der Waals surface area (Å²) < 4.78 is 13.5. The summed E-state index contributed by atoms with van der Waals surface area (Å²) in [6, 6.07) is 9.64. The van der Waals surface area contributed by atoms with Crippen LogP contribution in [0.15, 0.2) is 42.5 Å². The Labute approximate surface area is 136 Å². The van der Waals surface area contributed by atoms with E-state index in [1.165, 1.54) is 24.3 Å². The molecule has 0 unspecified atom stereocenters. The lowest BCUT2D eigenvalue weighted by Gasteiger charge is -2.08. The third-order valence-electron chi connectivity index (χ3n) is 2.99. The van der Waals surface area contributed by atoms with Gasteiger partial charge in [-0.1, -0.05) is 11.6 Å². The molecular formula is C15H13ClFN3O3. The zero-order valence-corrected chi connectivity index (χ0v) is 12.6. The second-order valence-electron chi connectivity index (χ2n) is 4.61. The molecule has 0 radical (unpaired) electrons. The molecule has 0 aliphatic rings. The number of rotatable bonds is 6. The van der Waals surface area contributed by atoms with Gasteiger partial charge in [-0.3, -0.25) is 14.9 Å². The first-order valence-corrected chi connectivity index (χ1v) is 7.07. The summed E-state index contributed by atoms with van der Waals surface area (Å²) in [7, 11) is 0. The van der Waals surface area contributed by atoms with Gasteiger partial charge in [0.2, 0.25) is 0 Å². The van der Waals surface area contributed by atoms with Crippen LogP contribution in [0.25, 0.3) is 0 Å². The predicted molar refractivity (Wildman–Crippen MR) is 85.3 cm³/mol. The molecule has 0 fully saturated rings. The lowest BCUT2D eigenvalue weighted by atomic mass is 10.2. The number of nitro groups is 1. The van der Waals surface area contributed by atoms with Gasteiger partial charge < -0.3 is 10.6 Å². The van der Waals surface area contributed by atoms with Crippen LogP contribution in [-0.4, -0.2) is 23.9 Å². The van der Waals surface area contributed by atoms with Gasteiger partial charge >= 0.3 is 0 Å². The maximum atomic E-state index is 13.5. The van der Waals surface area contributed by atoms with Gasteiger partial charge in [-0.15, -0.1) is 0 Å². The van der Waals surface area contributed by atoms with E-state index in [2.05, 4.69) is 10.6 Å². The molecule has 1 amide bonds. The van der Waals surface area contributed by atoms with Crippen LogP contribution in [0.4, 0.5) is 15.8 Å². The van der Waals surface area contributed by atoms with Gasteiger partial charge in [-0.05, 0) is 30.3 Å². The van der Waals surface area contributed by atoms with Crippen LogP contribution in [-0.2, 0) is 0 Å². The summed E-state index contributed by atoms with van der Waals surface area (Å²) >= 11 is 5.73. The molecule has 2 aromatic rings. The van der Waals surface area contributed by atoms with Crippen molar-refractivity contribution in [2.24, 2.45) is 0 Å². The fraction of sp³-hybridized carbons (Fsp3) is 0.133. The second-order valence-corrected chi connectivity index (χ2v) is 5.05. The normalized spacial score (nSPS) is 10.2. The quantitative estimate of drug-likeness (QED) is 0.481. The Bertz CT molecular complexity index is 722. The van der Waals surface area contributed by atoms with Crippen molar-refractivity contribution in [3.05, 3.63) is 69.0 Å². The predicted octanol–water partition coefficient (Wildman–Crippen LogP) is 3.23. The minimum Gasteiger partial charge on any atom is -0.383 e. The molecule has 120 valence electrons. The molecule has 0 atom stereocenters. The number of hydrogen-bond donors (Lipinski definition) is 2. The highest BCUT2D eigenvalue weighted by molar-refractivity contribution is 6.31. The minimum atomic E-state index is -0.643. The Morgan fingerprint density at radius 1 is 1.17 bits per heavy atom. The van der Waals surface area contributed by atoms with Crippen LogP contribution in [0, 0.1) is 15.9 Å². The zero-order valence-electron chi connectivity index (χ0n) is 11.9. The molecule has 0 aliphatic heterocycles. The van der Waals surface area contributed by atoms with E-state index in [1.54, 1.807) is 12.1 Å². The highest BCUT2D eigenvalue weighted by Gasteiger charge is 2.11. The number of nitro benzene ring substituents is 1. The largest absolute Gasteiger partial charge is 0.383 e. The third kappa shape index (κ3) is 4.65. The van der Waals surface area contributed by atoms with Gasteiger partial charge in [-0.2, -0.15) is 0 Å². The standard InChI is InChI=1S/C15H13ClFN3O3/c16-10-1-6-14(17)13(9-10)15(21)19-8-7-18-11-2-4-12(5-3-11)20(22)23/h1-6,9,18H,7-8H2,(H,19,21). The van der Waals surface area contributed by atoms with Crippen LogP contribution in [0.5, 0.6) is 0 Å². The van der Waals surface area contributed by atoms with E-state index in [1.807, 2.05) is 0 Å². The second kappa shape index (κ2) is 7.55. The first kappa shape index (κ1) is 16.7. The van der Waals surface area contributed by atoms with E-state index in [-0.39, 0.29) is 22.8 Å². The number of benzene rings is 2. The van der Waals surface area contributed by atoms with Crippen molar-refractivity contribution < 1.29 is 14.1 Å². The van der Waals surface area contributed by atoms with E-state index >= 15 is 0 Å². The average Bonchev–Trinajstić information content (AvgIpc) is 2.54. The van der Waals surface area contributed by atoms with Crippen molar-refractivity contribution >= 4 is 28.9 Å². The van der Waals surface area contributed by atoms with Crippen LogP contribution in [0.1, 0.15) is 10.4 Å². The van der Waals surface area contributed by atoms with E-state index in [0.717, 1.165) is 6.07 Å². The number of non-ortho nitro benzene ring substituents is 1. The number of carbonyl (C=O) groups is 1. The monoisotopic (exact) mass is 337 g/mol. The molecule has 0 bridgehead atoms. The molecule has 0 spiro atoms. The molecule has 2 N–H and O–H groups in total. The van der Waals surface area contributed by atoms with Crippen LogP contribution >= 0.6 is 11.6 Å². The first-order chi connectivity index (χ1) is 11.0. The summed E-state index contributed by atoms with van der Waals surface area (Å²) in [4.78, 5) is 21.9. The summed E-state index contributed by atoms with van der Waals surface area (Å²) in [5, 5.41) is 16.4. The Hall–Kier alpha value is -2.67. The lowest BCUT2D eigenvalue weighted by Crippen LogP contribution is -2.29. The fourth-order valence-electron chi connectivity index (χ4n) is 1.85. The SMILES string of the molecule is O=C(NCCNc1ccc([N+](=O)[O-])cc1)c1cc(Cl)ccc1F. The highest BCUT2D eigenvalue weighted by Crippen LogP contribution is 2.15. The van der Waals surface area contributed by atoms with Gasteiger partial charge in [0.15, 0.2) is 0 Å². The minimum absolute atomic E-state index is 0.000263. The first-order valence-electron chi connectivity index (χ1n) is 6.69. The van der Waals surface area contributed by atoms with Crippen molar-refractivity contribution in [3.8, 4) is 0 Å². The number of amides is 1. The van der Waals surface area contributed by atoms with Crippen LogP contribution < -0.4 is 10.6 Å². The van der Waals surface area contributed by atoms with Crippen LogP contribution in [0.2, 0.25) is 5.02 Å². The molecule has 8 heteroatoms. The molecule has 23 heavy (non-hydrogen) atoms. The summed E-state index contributed by atoms with van der Waals surface area (Å²) in [6.07, 6.45) is 0. The van der Waals surface area contributed by atoms with Gasteiger partial charge in [0.05, 0.1) is 10.5 Å². The zero-order chi connectivity index (χ0) is 16.8. The topological polar surface area (TPSA) is 84.3 Å². The average molecular weight is 338 g/mol. The van der Waals surface area contributed by atoms with Gasteiger partial charge in [0, 0.05) is 35.9 Å². The van der Waals surface area contributed by atoms with Crippen molar-refractivity contribution in [1.82, 2.24) is 5.32 Å². The molecular weight excluding hydrogens is 325 g/mol. The van der Waals surface area contributed by atoms with Crippen molar-refractivity contribution in [3.63, 3.8) is 0 Å². The van der Waals surface area contributed by atoms with E-state index in [0.29, 0.717) is 12.2 Å². The highest BCUT2D eigenvalue weighted by atomic mass is 35.5. The Kier molecular flexibility index (Phi) is 5.48. The van der Waals surface area contributed by atoms with E-state index < -0.39 is 16.6 Å². The fourth-order valence-corrected chi connectivity index (χ4v) is 2.02. The molecule has 0 aromatic heterocycles. The molecule has 6 nitrogen and oxygen atoms in total. The van der Waals surface area contributed by atoms with Crippen molar-refractivity contribution in [1.29, 1.82) is 0 Å². The number of anilines is 1. The van der Waals surface area contributed by atoms with Gasteiger partial charge in [-0.25, -0.2) is 4.39 Å². The van der Waals surface area contributed by atoms with Gasteiger partial charge in [0.1, 0.15) is 5.82 Å². The maximum Gasteiger partial charge on any atom is 0.269 e. The third-order valence-corrected chi connectivity index (χ3v) is 3.23. The summed E-state index contributed by atoms with van der Waals surface area (Å²) in [5.41, 5.74) is 0.562. The van der Waals surface area contributed by atoms with E-state index in [4.69, 9.17) is 11.6 Å². The molecule has 2 rings (SSSR count). The van der Waals surface area contributed by atoms with Crippen LogP contribution in [0.3, 0.4) is 0 Å². The number of nitrogens with one attached hydrogen (secondary N) is 2. The Balaban J connectivity index is 1.82. The molecule has 0 saturated heterocycles. The number of halogens is 2. The summed E-state index contributed by atoms with van der Waals surface area (Å²) in [6.45, 7) is 0.632. The van der Waals surface area contributed by atoms with Gasteiger partial charge in [0.25, 0.3) is 11.6 Å². The number of nitrogens with zero attached hydrogens (tertiary/aromatic N) is 1. The Morgan fingerprint density at radius 3 is 2.52 bits per heavy atom. The maximum absolute atomic E-state index is 13.5. The van der Waals surface area contributed by atoms with Crippen molar-refractivity contribution in [2.45, 2.75) is 0 Å². The molecule has 2 aromatic carbocycles. The molecule has 0 heterocycles. The molecule has 0 aliphatic carbocycles. The summed E-state index contributed by atoms with van der Waals surface area (Å²) in [5.74, 6) is -1.20. The van der Waals surface area contributed by atoms with E-state index in [9.17, 15) is 19.3 Å². The molecule has 0 saturated carbocycles. The number of hydrogen-bond acceptors (Lipinski definition) is 4.